The molecule has 186 valence electrons. The minimum Gasteiger partial charge on any atom is -0.455 e. The number of nitrogens with zero attached hydrogens (tertiary/aromatic N) is 1. The molecule has 35 heavy (non-hydrogen) atoms. The molecule has 0 fully saturated rings. The number of rotatable bonds is 9. The molecule has 3 rings (SSSR count). The van der Waals surface area contributed by atoms with Crippen molar-refractivity contribution in [2.75, 3.05) is 17.9 Å². The van der Waals surface area contributed by atoms with Crippen molar-refractivity contribution >= 4 is 56.4 Å². The van der Waals surface area contributed by atoms with E-state index in [4.69, 9.17) is 44.6 Å². The normalized spacial score (nSPS) is 12.2. The van der Waals surface area contributed by atoms with Gasteiger partial charge in [-0.3, -0.25) is 14.5 Å². The van der Waals surface area contributed by atoms with Gasteiger partial charge in [-0.1, -0.05) is 34.8 Å². The van der Waals surface area contributed by atoms with Gasteiger partial charge in [-0.2, -0.15) is 0 Å². The summed E-state index contributed by atoms with van der Waals surface area (Å²) in [5.41, 5.74) is 0.490. The first-order valence-electron chi connectivity index (χ1n) is 9.98. The summed E-state index contributed by atoms with van der Waals surface area (Å²) >= 11 is 18.0. The summed E-state index contributed by atoms with van der Waals surface area (Å²) in [5, 5.41) is 21.5. The van der Waals surface area contributed by atoms with Crippen LogP contribution in [-0.2, 0) is 10.0 Å². The van der Waals surface area contributed by atoms with E-state index in [0.29, 0.717) is 15.6 Å². The van der Waals surface area contributed by atoms with Gasteiger partial charge in [0, 0.05) is 29.5 Å². The summed E-state index contributed by atoms with van der Waals surface area (Å²) in [6, 6.07) is 8.16. The lowest BCUT2D eigenvalue weighted by atomic mass is 10.1. The lowest BCUT2D eigenvalue weighted by Crippen LogP contribution is -2.34. The van der Waals surface area contributed by atoms with Crippen LogP contribution in [0.2, 0.25) is 15.1 Å². The molecule has 0 saturated heterocycles. The van der Waals surface area contributed by atoms with Crippen LogP contribution in [0.4, 0.5) is 5.69 Å². The Balaban J connectivity index is 1.97. The number of aliphatic hydroxyl groups is 2. The van der Waals surface area contributed by atoms with E-state index in [0.717, 1.165) is 0 Å². The molecule has 1 unspecified atom stereocenters. The Kier molecular flexibility index (Phi) is 8.81. The SMILES string of the molecule is Cc1cc(S(=O)(=O)Nc2ccc(Oc3cncc(Cl)c3)c(C(=O)NCC(O)CO)c2)c(Cl)cc1Cl. The number of carbonyl (C=O) groups excluding carboxylic acids is 1. The van der Waals surface area contributed by atoms with Gasteiger partial charge in [-0.25, -0.2) is 8.42 Å². The second-order valence-electron chi connectivity index (χ2n) is 7.34. The topological polar surface area (TPSA) is 138 Å². The zero-order valence-electron chi connectivity index (χ0n) is 18.1. The third-order valence-electron chi connectivity index (χ3n) is 4.60. The predicted octanol–water partition coefficient (Wildman–Crippen LogP) is 4.03. The number of anilines is 1. The van der Waals surface area contributed by atoms with Crippen LogP contribution in [0.3, 0.4) is 0 Å². The van der Waals surface area contributed by atoms with Crippen molar-refractivity contribution < 1.29 is 28.2 Å². The van der Waals surface area contributed by atoms with Gasteiger partial charge in [-0.05, 0) is 42.8 Å². The largest absolute Gasteiger partial charge is 0.455 e. The second kappa shape index (κ2) is 11.4. The fourth-order valence-corrected chi connectivity index (χ4v) is 4.90. The number of nitrogens with one attached hydrogen (secondary N) is 2. The number of sulfonamides is 1. The van der Waals surface area contributed by atoms with Gasteiger partial charge >= 0.3 is 0 Å². The zero-order valence-corrected chi connectivity index (χ0v) is 21.2. The highest BCUT2D eigenvalue weighted by atomic mass is 35.5. The molecular formula is C22H20Cl3N3O6S. The Morgan fingerprint density at radius 2 is 1.86 bits per heavy atom. The maximum absolute atomic E-state index is 13.0. The third kappa shape index (κ3) is 6.97. The van der Waals surface area contributed by atoms with Gasteiger partial charge in [0.25, 0.3) is 15.9 Å². The number of benzene rings is 2. The van der Waals surface area contributed by atoms with Crippen molar-refractivity contribution in [3.63, 3.8) is 0 Å². The van der Waals surface area contributed by atoms with Gasteiger partial charge < -0.3 is 20.3 Å². The van der Waals surface area contributed by atoms with Crippen LogP contribution in [0.15, 0.2) is 53.7 Å². The molecule has 3 aromatic rings. The molecule has 0 saturated carbocycles. The van der Waals surface area contributed by atoms with Crippen molar-refractivity contribution in [2.45, 2.75) is 17.9 Å². The minimum absolute atomic E-state index is 0.0399. The maximum Gasteiger partial charge on any atom is 0.263 e. The molecule has 1 amide bonds. The van der Waals surface area contributed by atoms with Crippen LogP contribution in [0.25, 0.3) is 0 Å². The molecule has 2 aromatic carbocycles. The molecule has 0 aliphatic heterocycles. The van der Waals surface area contributed by atoms with E-state index >= 15 is 0 Å². The van der Waals surface area contributed by atoms with E-state index in [2.05, 4.69) is 15.0 Å². The number of aryl methyl sites for hydroxylation is 1. The number of hydrogen-bond donors (Lipinski definition) is 4. The first kappa shape index (κ1) is 27.0. The highest BCUT2D eigenvalue weighted by molar-refractivity contribution is 7.92. The molecular weight excluding hydrogens is 541 g/mol. The van der Waals surface area contributed by atoms with Crippen molar-refractivity contribution in [3.8, 4) is 11.5 Å². The quantitative estimate of drug-likeness (QED) is 0.310. The molecule has 13 heteroatoms. The van der Waals surface area contributed by atoms with Crippen molar-refractivity contribution in [1.82, 2.24) is 10.3 Å². The molecule has 0 spiro atoms. The summed E-state index contributed by atoms with van der Waals surface area (Å²) < 4.78 is 34.1. The van der Waals surface area contributed by atoms with E-state index in [9.17, 15) is 18.3 Å². The Hall–Kier alpha value is -2.60. The standard InChI is InChI=1S/C22H20Cl3N3O6S/c1-12-4-21(19(25)7-18(12)24)35(32,33)28-14-2-3-20(34-16-5-13(23)8-26-10-16)17(6-14)22(31)27-9-15(30)11-29/h2-8,10,15,28-30H,9,11H2,1H3,(H,27,31). The van der Waals surface area contributed by atoms with Crippen LogP contribution in [0, 0.1) is 6.92 Å². The van der Waals surface area contributed by atoms with E-state index in [-0.39, 0.29) is 39.2 Å². The van der Waals surface area contributed by atoms with Crippen LogP contribution in [-0.4, -0.2) is 48.8 Å². The first-order valence-corrected chi connectivity index (χ1v) is 12.6. The summed E-state index contributed by atoms with van der Waals surface area (Å²) in [5.74, 6) is -0.393. The number of halogens is 3. The summed E-state index contributed by atoms with van der Waals surface area (Å²) in [7, 11) is -4.15. The van der Waals surface area contributed by atoms with Crippen molar-refractivity contribution in [2.24, 2.45) is 0 Å². The average Bonchev–Trinajstić information content (AvgIpc) is 2.80. The molecule has 0 bridgehead atoms. The predicted molar refractivity (Wildman–Crippen MR) is 133 cm³/mol. The van der Waals surface area contributed by atoms with Crippen LogP contribution < -0.4 is 14.8 Å². The number of carbonyl (C=O) groups is 1. The van der Waals surface area contributed by atoms with Crippen molar-refractivity contribution in [1.29, 1.82) is 0 Å². The highest BCUT2D eigenvalue weighted by Gasteiger charge is 2.22. The number of amides is 1. The first-order chi connectivity index (χ1) is 16.5. The number of aliphatic hydroxyl groups excluding tert-OH is 2. The lowest BCUT2D eigenvalue weighted by Gasteiger charge is -2.16. The Morgan fingerprint density at radius 3 is 2.54 bits per heavy atom. The third-order valence-corrected chi connectivity index (χ3v) is 7.06. The van der Waals surface area contributed by atoms with E-state index in [1.807, 2.05) is 0 Å². The zero-order chi connectivity index (χ0) is 25.8. The molecule has 1 heterocycles. The smallest absolute Gasteiger partial charge is 0.263 e. The fraction of sp³-hybridized carbons (Fsp3) is 0.182. The minimum atomic E-state index is -4.15. The Labute approximate surface area is 216 Å². The highest BCUT2D eigenvalue weighted by Crippen LogP contribution is 2.32. The molecule has 1 atom stereocenters. The molecule has 0 aliphatic rings. The number of pyridine rings is 1. The molecule has 4 N–H and O–H groups in total. The Morgan fingerprint density at radius 1 is 1.11 bits per heavy atom. The maximum atomic E-state index is 13.0. The number of ether oxygens (including phenoxy) is 1. The van der Waals surface area contributed by atoms with Gasteiger partial charge in [0.2, 0.25) is 0 Å². The molecule has 0 radical (unpaired) electrons. The van der Waals surface area contributed by atoms with Gasteiger partial charge in [0.1, 0.15) is 16.4 Å². The summed E-state index contributed by atoms with van der Waals surface area (Å²) in [4.78, 5) is 16.6. The van der Waals surface area contributed by atoms with E-state index in [1.54, 1.807) is 6.92 Å². The average molecular weight is 561 g/mol. The lowest BCUT2D eigenvalue weighted by molar-refractivity contribution is 0.0800. The summed E-state index contributed by atoms with van der Waals surface area (Å²) in [6.07, 6.45) is 1.60. The summed E-state index contributed by atoms with van der Waals surface area (Å²) in [6.45, 7) is 0.833. The Bertz CT molecular complexity index is 1350. The van der Waals surface area contributed by atoms with Crippen LogP contribution in [0.5, 0.6) is 11.5 Å². The number of hydrogen-bond acceptors (Lipinski definition) is 7. The van der Waals surface area contributed by atoms with E-state index in [1.165, 1.54) is 48.8 Å². The van der Waals surface area contributed by atoms with Gasteiger partial charge in [0.15, 0.2) is 0 Å². The van der Waals surface area contributed by atoms with Crippen LogP contribution >= 0.6 is 34.8 Å². The van der Waals surface area contributed by atoms with Crippen LogP contribution in [0.1, 0.15) is 15.9 Å². The molecule has 0 aliphatic carbocycles. The van der Waals surface area contributed by atoms with Gasteiger partial charge in [-0.15, -0.1) is 0 Å². The number of aromatic nitrogens is 1. The monoisotopic (exact) mass is 559 g/mol. The molecule has 1 aromatic heterocycles. The fourth-order valence-electron chi connectivity index (χ4n) is 2.85. The second-order valence-corrected chi connectivity index (χ2v) is 10.2. The van der Waals surface area contributed by atoms with Gasteiger partial charge in [0.05, 0.1) is 34.5 Å². The molecule has 9 nitrogen and oxygen atoms in total. The van der Waals surface area contributed by atoms with E-state index < -0.39 is 28.6 Å². The van der Waals surface area contributed by atoms with Crippen molar-refractivity contribution in [3.05, 3.63) is 75.0 Å².